The van der Waals surface area contributed by atoms with Crippen molar-refractivity contribution in [1.82, 2.24) is 0 Å². The van der Waals surface area contributed by atoms with E-state index in [0.29, 0.717) is 11.3 Å². The molecule has 0 radical (unpaired) electrons. The van der Waals surface area contributed by atoms with Crippen molar-refractivity contribution >= 4 is 18.9 Å². The molecule has 0 saturated carbocycles. The van der Waals surface area contributed by atoms with Crippen LogP contribution in [0.5, 0.6) is 11.5 Å². The molecule has 0 N–H and O–H groups in total. The van der Waals surface area contributed by atoms with Gasteiger partial charge in [0.05, 0.1) is 19.8 Å². The highest BCUT2D eigenvalue weighted by atomic mass is 32.2. The third kappa shape index (κ3) is 5.68. The first-order valence-corrected chi connectivity index (χ1v) is 11.5. The highest BCUT2D eigenvalue weighted by molar-refractivity contribution is 7.89. The third-order valence-electron chi connectivity index (χ3n) is 4.14. The second-order valence-corrected chi connectivity index (χ2v) is 8.84. The van der Waals surface area contributed by atoms with Crippen LogP contribution in [0.3, 0.4) is 0 Å². The fraction of sp³-hybridized carbons (Fsp3) is 0.400. The van der Waals surface area contributed by atoms with E-state index in [9.17, 15) is 8.42 Å². The van der Waals surface area contributed by atoms with E-state index in [2.05, 4.69) is 6.92 Å². The molecule has 148 valence electrons. The Morgan fingerprint density at radius 2 is 1.67 bits per heavy atom. The normalized spacial score (nSPS) is 11.8. The minimum Gasteiger partial charge on any atom is -0.496 e. The van der Waals surface area contributed by atoms with Crippen LogP contribution < -0.4 is 9.47 Å². The Balaban J connectivity index is 2.31. The standard InChI is InChI=1S/C20H27O5PS/c1-4-5-6-10-15-26-25-27(21,22)18-14-13-17(23-2)19(20(18)24-3)16-11-8-7-9-12-16/h7-9,11-14,26H,4-6,10,15H2,1-3H3. The zero-order valence-corrected chi connectivity index (χ0v) is 17.8. The summed E-state index contributed by atoms with van der Waals surface area (Å²) >= 11 is 0. The van der Waals surface area contributed by atoms with Crippen molar-refractivity contribution in [2.75, 3.05) is 20.4 Å². The van der Waals surface area contributed by atoms with Crippen molar-refractivity contribution in [3.05, 3.63) is 42.5 Å². The van der Waals surface area contributed by atoms with Gasteiger partial charge in [-0.3, -0.25) is 0 Å². The van der Waals surface area contributed by atoms with Crippen LogP contribution >= 0.6 is 8.81 Å². The minimum atomic E-state index is -3.92. The molecule has 0 aliphatic carbocycles. The lowest BCUT2D eigenvalue weighted by molar-refractivity contribution is 0.387. The van der Waals surface area contributed by atoms with Crippen molar-refractivity contribution in [3.8, 4) is 22.6 Å². The van der Waals surface area contributed by atoms with Gasteiger partial charge in [-0.05, 0) is 30.3 Å². The molecule has 0 amide bonds. The van der Waals surface area contributed by atoms with Gasteiger partial charge in [0, 0.05) is 8.81 Å². The van der Waals surface area contributed by atoms with Gasteiger partial charge in [-0.25, -0.2) is 3.97 Å². The molecule has 0 aromatic heterocycles. The summed E-state index contributed by atoms with van der Waals surface area (Å²) < 4.78 is 41.7. The van der Waals surface area contributed by atoms with Crippen molar-refractivity contribution in [3.63, 3.8) is 0 Å². The number of hydrogen-bond donors (Lipinski definition) is 0. The Hall–Kier alpha value is -1.62. The summed E-state index contributed by atoms with van der Waals surface area (Å²) in [7, 11) is -1.02. The molecule has 2 rings (SSSR count). The fourth-order valence-corrected chi connectivity index (χ4v) is 5.14. The van der Waals surface area contributed by atoms with Gasteiger partial charge in [0.15, 0.2) is 5.75 Å². The molecule has 0 aliphatic rings. The summed E-state index contributed by atoms with van der Waals surface area (Å²) in [4.78, 5) is 0.0192. The maximum Gasteiger partial charge on any atom is 0.303 e. The summed E-state index contributed by atoms with van der Waals surface area (Å²) in [5, 5.41) is 0. The average molecular weight is 410 g/mol. The first kappa shape index (κ1) is 21.7. The number of unbranched alkanes of at least 4 members (excludes halogenated alkanes) is 3. The van der Waals surface area contributed by atoms with E-state index in [1.165, 1.54) is 13.2 Å². The minimum absolute atomic E-state index is 0.0192. The van der Waals surface area contributed by atoms with E-state index in [1.807, 2.05) is 30.3 Å². The number of methoxy groups -OCH3 is 2. The van der Waals surface area contributed by atoms with Crippen molar-refractivity contribution in [2.24, 2.45) is 0 Å². The largest absolute Gasteiger partial charge is 0.496 e. The highest BCUT2D eigenvalue weighted by Gasteiger charge is 2.26. The molecule has 0 saturated heterocycles. The van der Waals surface area contributed by atoms with Crippen LogP contribution in [0.1, 0.15) is 32.6 Å². The molecule has 27 heavy (non-hydrogen) atoms. The summed E-state index contributed by atoms with van der Waals surface area (Å²) in [5.41, 5.74) is 1.40. The van der Waals surface area contributed by atoms with Crippen molar-refractivity contribution in [2.45, 2.75) is 37.5 Å². The predicted molar refractivity (Wildman–Crippen MR) is 111 cm³/mol. The van der Waals surface area contributed by atoms with Gasteiger partial charge in [0.25, 0.3) is 0 Å². The van der Waals surface area contributed by atoms with Gasteiger partial charge in [-0.2, -0.15) is 8.42 Å². The van der Waals surface area contributed by atoms with E-state index < -0.39 is 10.1 Å². The molecule has 1 unspecified atom stereocenters. The maximum absolute atomic E-state index is 12.7. The summed E-state index contributed by atoms with van der Waals surface area (Å²) in [5.74, 6) is 0.773. The highest BCUT2D eigenvalue weighted by Crippen LogP contribution is 2.43. The quantitative estimate of drug-likeness (QED) is 0.374. The molecule has 0 bridgehead atoms. The Kier molecular flexibility index (Phi) is 8.55. The molecule has 5 nitrogen and oxygen atoms in total. The maximum atomic E-state index is 12.7. The second kappa shape index (κ2) is 10.6. The van der Waals surface area contributed by atoms with E-state index in [-0.39, 0.29) is 19.5 Å². The predicted octanol–water partition coefficient (Wildman–Crippen LogP) is 5.25. The van der Waals surface area contributed by atoms with Gasteiger partial charge in [-0.15, -0.1) is 0 Å². The Morgan fingerprint density at radius 1 is 0.926 bits per heavy atom. The molecule has 0 fully saturated rings. The molecule has 0 aliphatic heterocycles. The van der Waals surface area contributed by atoms with Crippen molar-refractivity contribution in [1.29, 1.82) is 0 Å². The Bertz CT molecular complexity index is 822. The molecule has 0 spiro atoms. The van der Waals surface area contributed by atoms with Crippen LogP contribution in [-0.4, -0.2) is 28.8 Å². The Labute approximate surface area is 164 Å². The van der Waals surface area contributed by atoms with Gasteiger partial charge < -0.3 is 9.47 Å². The molecular formula is C20H27O5PS. The smallest absolute Gasteiger partial charge is 0.303 e. The lowest BCUT2D eigenvalue weighted by Gasteiger charge is -2.17. The lowest BCUT2D eigenvalue weighted by Crippen LogP contribution is -2.06. The fourth-order valence-electron chi connectivity index (χ4n) is 2.78. The number of hydrogen-bond acceptors (Lipinski definition) is 5. The topological polar surface area (TPSA) is 61.8 Å². The molecule has 7 heteroatoms. The zero-order chi connectivity index (χ0) is 19.7. The molecule has 1 atom stereocenters. The van der Waals surface area contributed by atoms with E-state index in [1.54, 1.807) is 13.2 Å². The van der Waals surface area contributed by atoms with Crippen LogP contribution in [0.4, 0.5) is 0 Å². The monoisotopic (exact) mass is 410 g/mol. The molecule has 2 aromatic rings. The van der Waals surface area contributed by atoms with E-state index in [0.717, 1.165) is 37.4 Å². The van der Waals surface area contributed by atoms with Crippen LogP contribution in [0, 0.1) is 0 Å². The van der Waals surface area contributed by atoms with Gasteiger partial charge in [0.1, 0.15) is 10.6 Å². The van der Waals surface area contributed by atoms with Crippen LogP contribution in [0.25, 0.3) is 11.1 Å². The number of benzene rings is 2. The number of ether oxygens (including phenoxy) is 2. The SMILES string of the molecule is CCCCCCPOS(=O)(=O)c1ccc(OC)c(-c2ccccc2)c1OC. The van der Waals surface area contributed by atoms with Gasteiger partial charge in [0.2, 0.25) is 0 Å². The van der Waals surface area contributed by atoms with Crippen molar-refractivity contribution < 1.29 is 21.9 Å². The van der Waals surface area contributed by atoms with Crippen LogP contribution in [0.15, 0.2) is 47.4 Å². The zero-order valence-electron chi connectivity index (χ0n) is 16.0. The molecule has 0 heterocycles. The molecule has 2 aromatic carbocycles. The van der Waals surface area contributed by atoms with Gasteiger partial charge in [-0.1, -0.05) is 56.5 Å². The molecular weight excluding hydrogens is 383 g/mol. The van der Waals surface area contributed by atoms with Crippen LogP contribution in [0.2, 0.25) is 0 Å². The summed E-state index contributed by atoms with van der Waals surface area (Å²) in [6.07, 6.45) is 5.11. The first-order chi connectivity index (χ1) is 13.0. The van der Waals surface area contributed by atoms with E-state index in [4.69, 9.17) is 13.4 Å². The Morgan fingerprint density at radius 3 is 2.30 bits per heavy atom. The first-order valence-electron chi connectivity index (χ1n) is 9.02. The third-order valence-corrected chi connectivity index (χ3v) is 6.91. The second-order valence-electron chi connectivity index (χ2n) is 6.03. The summed E-state index contributed by atoms with van der Waals surface area (Å²) in [6, 6.07) is 12.5. The van der Waals surface area contributed by atoms with E-state index >= 15 is 0 Å². The lowest BCUT2D eigenvalue weighted by atomic mass is 10.0. The van der Waals surface area contributed by atoms with Gasteiger partial charge >= 0.3 is 10.1 Å². The van der Waals surface area contributed by atoms with Crippen LogP contribution in [-0.2, 0) is 14.1 Å². The average Bonchev–Trinajstić information content (AvgIpc) is 2.69. The number of rotatable bonds is 11. The summed E-state index contributed by atoms with van der Waals surface area (Å²) in [6.45, 7) is 2.14.